The molecule has 0 aliphatic carbocycles. The van der Waals surface area contributed by atoms with Gasteiger partial charge in [-0.1, -0.05) is 0 Å². The van der Waals surface area contributed by atoms with E-state index in [9.17, 15) is 14.3 Å². The molecule has 0 radical (unpaired) electrons. The maximum Gasteiger partial charge on any atom is 0.319 e. The minimum absolute atomic E-state index is 0.187. The molecule has 1 atom stereocenters. The van der Waals surface area contributed by atoms with E-state index in [2.05, 4.69) is 16.0 Å². The van der Waals surface area contributed by atoms with Gasteiger partial charge in [0.1, 0.15) is 5.82 Å². The summed E-state index contributed by atoms with van der Waals surface area (Å²) in [6.45, 7) is 3.12. The quantitative estimate of drug-likeness (QED) is 0.659. The molecule has 6 heteroatoms. The minimum Gasteiger partial charge on any atom is -0.387 e. The Morgan fingerprint density at radius 3 is 3.00 bits per heavy atom. The number of halogens is 1. The van der Waals surface area contributed by atoms with Crippen LogP contribution in [0, 0.1) is 12.7 Å². The highest BCUT2D eigenvalue weighted by molar-refractivity contribution is 5.90. The summed E-state index contributed by atoms with van der Waals surface area (Å²) >= 11 is 0. The van der Waals surface area contributed by atoms with Crippen molar-refractivity contribution < 1.29 is 14.3 Å². The minimum atomic E-state index is -0.880. The fourth-order valence-electron chi connectivity index (χ4n) is 2.06. The van der Waals surface area contributed by atoms with Crippen LogP contribution in [-0.2, 0) is 0 Å². The highest BCUT2D eigenvalue weighted by atomic mass is 19.1. The largest absolute Gasteiger partial charge is 0.387 e. The zero-order valence-electron chi connectivity index (χ0n) is 10.8. The topological polar surface area (TPSA) is 73.4 Å². The number of β-amino-alcohol motifs (C(OH)–C–C–N with tert-alkyl or cyclic N) is 1. The average molecular weight is 267 g/mol. The van der Waals surface area contributed by atoms with Crippen LogP contribution in [0.1, 0.15) is 12.0 Å². The highest BCUT2D eigenvalue weighted by Gasteiger charge is 2.31. The Labute approximate surface area is 111 Å². The van der Waals surface area contributed by atoms with Gasteiger partial charge in [-0.05, 0) is 43.7 Å². The second kappa shape index (κ2) is 5.54. The van der Waals surface area contributed by atoms with Gasteiger partial charge in [0.2, 0.25) is 0 Å². The maximum atomic E-state index is 12.9. The third-order valence-electron chi connectivity index (χ3n) is 3.24. The van der Waals surface area contributed by atoms with E-state index in [1.807, 2.05) is 0 Å². The van der Waals surface area contributed by atoms with Crippen LogP contribution in [0.25, 0.3) is 0 Å². The lowest BCUT2D eigenvalue weighted by Gasteiger charge is -2.21. The van der Waals surface area contributed by atoms with Crippen molar-refractivity contribution in [2.24, 2.45) is 0 Å². The monoisotopic (exact) mass is 267 g/mol. The summed E-state index contributed by atoms with van der Waals surface area (Å²) in [5, 5.41) is 18.3. The van der Waals surface area contributed by atoms with E-state index < -0.39 is 11.6 Å². The molecule has 1 aromatic carbocycles. The van der Waals surface area contributed by atoms with Crippen LogP contribution in [0.3, 0.4) is 0 Å². The molecule has 1 aliphatic rings. The molecule has 1 aliphatic heterocycles. The number of carbonyl (C=O) groups excluding carboxylic acids is 1. The standard InChI is InChI=1S/C13H18FN3O2/c1-9-6-10(14)2-3-11(9)17-12(18)16-8-13(19)4-5-15-7-13/h2-3,6,15,19H,4-5,7-8H2,1H3,(H2,16,17,18). The van der Waals surface area contributed by atoms with Crippen molar-refractivity contribution in [2.75, 3.05) is 25.0 Å². The Kier molecular flexibility index (Phi) is 4.01. The number of hydrogen-bond donors (Lipinski definition) is 4. The van der Waals surface area contributed by atoms with Gasteiger partial charge in [0.05, 0.1) is 5.60 Å². The summed E-state index contributed by atoms with van der Waals surface area (Å²) in [5.74, 6) is -0.338. The SMILES string of the molecule is Cc1cc(F)ccc1NC(=O)NCC1(O)CCNC1. The number of urea groups is 1. The smallest absolute Gasteiger partial charge is 0.319 e. The van der Waals surface area contributed by atoms with Gasteiger partial charge in [-0.2, -0.15) is 0 Å². The summed E-state index contributed by atoms with van der Waals surface area (Å²) in [6.07, 6.45) is 0.614. The predicted octanol–water partition coefficient (Wildman–Crippen LogP) is 0.980. The molecule has 0 aromatic heterocycles. The molecule has 2 amide bonds. The molecular formula is C13H18FN3O2. The van der Waals surface area contributed by atoms with Crippen LogP contribution < -0.4 is 16.0 Å². The second-order valence-electron chi connectivity index (χ2n) is 4.92. The number of aryl methyl sites for hydroxylation is 1. The number of hydrogen-bond acceptors (Lipinski definition) is 3. The first-order valence-corrected chi connectivity index (χ1v) is 6.23. The van der Waals surface area contributed by atoms with Crippen molar-refractivity contribution in [1.29, 1.82) is 0 Å². The molecule has 2 rings (SSSR count). The Bertz CT molecular complexity index is 473. The van der Waals surface area contributed by atoms with Crippen molar-refractivity contribution in [3.05, 3.63) is 29.6 Å². The lowest BCUT2D eigenvalue weighted by Crippen LogP contribution is -2.45. The van der Waals surface area contributed by atoms with Crippen LogP contribution >= 0.6 is 0 Å². The molecule has 0 saturated carbocycles. The number of nitrogens with one attached hydrogen (secondary N) is 3. The molecule has 4 N–H and O–H groups in total. The predicted molar refractivity (Wildman–Crippen MR) is 70.6 cm³/mol. The van der Waals surface area contributed by atoms with Gasteiger partial charge in [0.15, 0.2) is 0 Å². The molecule has 5 nitrogen and oxygen atoms in total. The van der Waals surface area contributed by atoms with Gasteiger partial charge in [-0.3, -0.25) is 0 Å². The summed E-state index contributed by atoms with van der Waals surface area (Å²) in [5.41, 5.74) is 0.321. The summed E-state index contributed by atoms with van der Waals surface area (Å²) in [7, 11) is 0. The molecule has 1 heterocycles. The van der Waals surface area contributed by atoms with Gasteiger partial charge in [-0.15, -0.1) is 0 Å². The molecule has 1 fully saturated rings. The summed E-state index contributed by atoms with van der Waals surface area (Å²) < 4.78 is 12.9. The van der Waals surface area contributed by atoms with Gasteiger partial charge < -0.3 is 21.1 Å². The summed E-state index contributed by atoms with van der Waals surface area (Å²) in [4.78, 5) is 11.7. The van der Waals surface area contributed by atoms with Crippen LogP contribution in [0.2, 0.25) is 0 Å². The van der Waals surface area contributed by atoms with E-state index in [1.54, 1.807) is 6.92 Å². The highest BCUT2D eigenvalue weighted by Crippen LogP contribution is 2.16. The first kappa shape index (κ1) is 13.8. The number of anilines is 1. The van der Waals surface area contributed by atoms with Gasteiger partial charge in [0, 0.05) is 18.8 Å². The van der Waals surface area contributed by atoms with Crippen LogP contribution in [0.5, 0.6) is 0 Å². The molecule has 0 bridgehead atoms. The molecule has 1 aromatic rings. The number of rotatable bonds is 3. The third-order valence-corrected chi connectivity index (χ3v) is 3.24. The van der Waals surface area contributed by atoms with E-state index in [0.29, 0.717) is 24.2 Å². The molecule has 1 saturated heterocycles. The Balaban J connectivity index is 1.87. The van der Waals surface area contributed by atoms with Crippen molar-refractivity contribution in [3.8, 4) is 0 Å². The Morgan fingerprint density at radius 1 is 1.58 bits per heavy atom. The number of amides is 2. The zero-order chi connectivity index (χ0) is 13.9. The van der Waals surface area contributed by atoms with E-state index in [4.69, 9.17) is 0 Å². The van der Waals surface area contributed by atoms with Crippen LogP contribution in [-0.4, -0.2) is 36.4 Å². The molecular weight excluding hydrogens is 249 g/mol. The number of carbonyl (C=O) groups is 1. The van der Waals surface area contributed by atoms with Crippen molar-refractivity contribution in [2.45, 2.75) is 18.9 Å². The van der Waals surface area contributed by atoms with Gasteiger partial charge in [0.25, 0.3) is 0 Å². The van der Waals surface area contributed by atoms with E-state index in [1.165, 1.54) is 18.2 Å². The Morgan fingerprint density at radius 2 is 2.37 bits per heavy atom. The van der Waals surface area contributed by atoms with Crippen molar-refractivity contribution in [3.63, 3.8) is 0 Å². The maximum absolute atomic E-state index is 12.9. The normalized spacial score (nSPS) is 22.3. The van der Waals surface area contributed by atoms with E-state index >= 15 is 0 Å². The van der Waals surface area contributed by atoms with E-state index in [-0.39, 0.29) is 12.4 Å². The first-order valence-electron chi connectivity index (χ1n) is 6.23. The van der Waals surface area contributed by atoms with Crippen LogP contribution in [0.4, 0.5) is 14.9 Å². The second-order valence-corrected chi connectivity index (χ2v) is 4.92. The number of benzene rings is 1. The van der Waals surface area contributed by atoms with Gasteiger partial charge >= 0.3 is 6.03 Å². The average Bonchev–Trinajstić information content (AvgIpc) is 2.78. The fraction of sp³-hybridized carbons (Fsp3) is 0.462. The first-order chi connectivity index (χ1) is 8.98. The Hall–Kier alpha value is -1.66. The lowest BCUT2D eigenvalue weighted by atomic mass is 10.0. The van der Waals surface area contributed by atoms with Crippen LogP contribution in [0.15, 0.2) is 18.2 Å². The zero-order valence-corrected chi connectivity index (χ0v) is 10.8. The summed E-state index contributed by atoms with van der Waals surface area (Å²) in [6, 6.07) is 3.74. The lowest BCUT2D eigenvalue weighted by molar-refractivity contribution is 0.0640. The fourth-order valence-corrected chi connectivity index (χ4v) is 2.06. The third kappa shape index (κ3) is 3.65. The molecule has 19 heavy (non-hydrogen) atoms. The molecule has 0 spiro atoms. The van der Waals surface area contributed by atoms with E-state index in [0.717, 1.165) is 6.54 Å². The molecule has 1 unspecified atom stereocenters. The van der Waals surface area contributed by atoms with Gasteiger partial charge in [-0.25, -0.2) is 9.18 Å². The van der Waals surface area contributed by atoms with Crippen molar-refractivity contribution >= 4 is 11.7 Å². The molecule has 104 valence electrons. The number of aliphatic hydroxyl groups is 1. The van der Waals surface area contributed by atoms with Crippen molar-refractivity contribution in [1.82, 2.24) is 10.6 Å².